The molecule has 0 amide bonds. The van der Waals surface area contributed by atoms with Gasteiger partial charge in [0.05, 0.1) is 0 Å². The zero-order chi connectivity index (χ0) is 12.3. The van der Waals surface area contributed by atoms with Crippen LogP contribution in [0, 0.1) is 0 Å². The van der Waals surface area contributed by atoms with Crippen LogP contribution in [0.3, 0.4) is 0 Å². The Bertz CT molecular complexity index is 342. The minimum atomic E-state index is 0.255. The molecule has 0 aromatic heterocycles. The first-order valence-corrected chi connectivity index (χ1v) is 7.58. The maximum Gasteiger partial charge on any atom is 0.0322 e. The van der Waals surface area contributed by atoms with Gasteiger partial charge in [0.25, 0.3) is 0 Å². The van der Waals surface area contributed by atoms with Crippen molar-refractivity contribution in [2.45, 2.75) is 48.3 Å². The van der Waals surface area contributed by atoms with E-state index in [1.165, 1.54) is 16.9 Å². The second kappa shape index (κ2) is 6.12. The van der Waals surface area contributed by atoms with Crippen LogP contribution in [0.4, 0.5) is 0 Å². The number of benzene rings is 1. The molecular formula is C14H20ClNS. The molecular weight excluding hydrogens is 250 g/mol. The molecule has 0 fully saturated rings. The molecule has 94 valence electrons. The van der Waals surface area contributed by atoms with E-state index in [4.69, 9.17) is 11.6 Å². The van der Waals surface area contributed by atoms with Crippen LogP contribution < -0.4 is 5.32 Å². The molecule has 1 heterocycles. The summed E-state index contributed by atoms with van der Waals surface area (Å²) in [7, 11) is 0. The standard InChI is InChI=1S/C14H20ClNS/c1-10(15)7-11(2)16-9-13-8-12-5-3-4-6-14(12)17-13/h3-6,10-11,13,16H,7-9H2,1-2H3. The van der Waals surface area contributed by atoms with Crippen LogP contribution in [-0.2, 0) is 6.42 Å². The Kier molecular flexibility index (Phi) is 4.78. The SMILES string of the molecule is CC(Cl)CC(C)NCC1Cc2ccccc2S1. The molecule has 3 atom stereocenters. The van der Waals surface area contributed by atoms with E-state index in [-0.39, 0.29) is 5.38 Å². The van der Waals surface area contributed by atoms with E-state index in [1.54, 1.807) is 0 Å². The number of thioether (sulfide) groups is 1. The summed E-state index contributed by atoms with van der Waals surface area (Å²) < 4.78 is 0. The fourth-order valence-electron chi connectivity index (χ4n) is 2.27. The van der Waals surface area contributed by atoms with Crippen molar-refractivity contribution in [3.05, 3.63) is 29.8 Å². The maximum absolute atomic E-state index is 6.00. The molecule has 1 aliphatic heterocycles. The van der Waals surface area contributed by atoms with Crippen LogP contribution in [-0.4, -0.2) is 23.2 Å². The lowest BCUT2D eigenvalue weighted by Gasteiger charge is -2.17. The Morgan fingerprint density at radius 1 is 1.41 bits per heavy atom. The van der Waals surface area contributed by atoms with Gasteiger partial charge in [-0.05, 0) is 38.3 Å². The van der Waals surface area contributed by atoms with E-state index in [1.807, 2.05) is 11.8 Å². The van der Waals surface area contributed by atoms with E-state index in [0.29, 0.717) is 11.3 Å². The summed E-state index contributed by atoms with van der Waals surface area (Å²) in [6.07, 6.45) is 2.23. The van der Waals surface area contributed by atoms with Crippen LogP contribution in [0.1, 0.15) is 25.8 Å². The number of rotatable bonds is 5. The van der Waals surface area contributed by atoms with E-state index in [9.17, 15) is 0 Å². The molecule has 0 saturated carbocycles. The molecule has 1 aromatic carbocycles. The van der Waals surface area contributed by atoms with Gasteiger partial charge < -0.3 is 5.32 Å². The van der Waals surface area contributed by atoms with Gasteiger partial charge in [-0.25, -0.2) is 0 Å². The first kappa shape index (κ1) is 13.3. The van der Waals surface area contributed by atoms with Gasteiger partial charge in [0, 0.05) is 28.1 Å². The Balaban J connectivity index is 1.76. The van der Waals surface area contributed by atoms with Crippen molar-refractivity contribution in [3.8, 4) is 0 Å². The summed E-state index contributed by atoms with van der Waals surface area (Å²) in [4.78, 5) is 1.46. The third-order valence-corrected chi connectivity index (χ3v) is 4.58. The van der Waals surface area contributed by atoms with E-state index in [2.05, 4.69) is 43.4 Å². The van der Waals surface area contributed by atoms with Crippen LogP contribution >= 0.6 is 23.4 Å². The van der Waals surface area contributed by atoms with Crippen LogP contribution in [0.2, 0.25) is 0 Å². The third kappa shape index (κ3) is 3.90. The largest absolute Gasteiger partial charge is 0.313 e. The van der Waals surface area contributed by atoms with Crippen molar-refractivity contribution in [2.75, 3.05) is 6.54 Å². The zero-order valence-corrected chi connectivity index (χ0v) is 12.0. The summed E-state index contributed by atoms with van der Waals surface area (Å²) in [5, 5.41) is 4.52. The van der Waals surface area contributed by atoms with Crippen molar-refractivity contribution < 1.29 is 0 Å². The minimum Gasteiger partial charge on any atom is -0.313 e. The average Bonchev–Trinajstić information content (AvgIpc) is 2.68. The molecule has 3 heteroatoms. The fourth-order valence-corrected chi connectivity index (χ4v) is 3.80. The number of nitrogens with one attached hydrogen (secondary N) is 1. The molecule has 0 bridgehead atoms. The molecule has 3 unspecified atom stereocenters. The molecule has 0 aliphatic carbocycles. The van der Waals surface area contributed by atoms with Crippen molar-refractivity contribution in [3.63, 3.8) is 0 Å². The lowest BCUT2D eigenvalue weighted by atomic mass is 10.1. The van der Waals surface area contributed by atoms with Gasteiger partial charge >= 0.3 is 0 Å². The highest BCUT2D eigenvalue weighted by Crippen LogP contribution is 2.36. The highest BCUT2D eigenvalue weighted by atomic mass is 35.5. The van der Waals surface area contributed by atoms with Crippen molar-refractivity contribution >= 4 is 23.4 Å². The van der Waals surface area contributed by atoms with E-state index >= 15 is 0 Å². The van der Waals surface area contributed by atoms with Crippen LogP contribution in [0.15, 0.2) is 29.2 Å². The fraction of sp³-hybridized carbons (Fsp3) is 0.571. The topological polar surface area (TPSA) is 12.0 Å². The molecule has 2 rings (SSSR count). The lowest BCUT2D eigenvalue weighted by molar-refractivity contribution is 0.509. The molecule has 1 aliphatic rings. The summed E-state index contributed by atoms with van der Waals surface area (Å²) in [6, 6.07) is 9.23. The highest BCUT2D eigenvalue weighted by molar-refractivity contribution is 8.00. The van der Waals surface area contributed by atoms with Gasteiger partial charge in [-0.3, -0.25) is 0 Å². The van der Waals surface area contributed by atoms with Gasteiger partial charge in [-0.1, -0.05) is 18.2 Å². The second-order valence-corrected chi connectivity index (χ2v) is 6.96. The van der Waals surface area contributed by atoms with Crippen molar-refractivity contribution in [2.24, 2.45) is 0 Å². The van der Waals surface area contributed by atoms with Crippen LogP contribution in [0.25, 0.3) is 0 Å². The quantitative estimate of drug-likeness (QED) is 0.818. The van der Waals surface area contributed by atoms with E-state index < -0.39 is 0 Å². The third-order valence-electron chi connectivity index (χ3n) is 3.09. The van der Waals surface area contributed by atoms with Gasteiger partial charge in [-0.2, -0.15) is 0 Å². The molecule has 1 N–H and O–H groups in total. The number of halogens is 1. The number of hydrogen-bond acceptors (Lipinski definition) is 2. The first-order chi connectivity index (χ1) is 8.15. The summed E-state index contributed by atoms with van der Waals surface area (Å²) in [5.41, 5.74) is 1.50. The smallest absolute Gasteiger partial charge is 0.0322 e. The molecule has 1 aromatic rings. The predicted molar refractivity (Wildman–Crippen MR) is 77.2 cm³/mol. The Hall–Kier alpha value is -0.180. The van der Waals surface area contributed by atoms with Gasteiger partial charge in [0.2, 0.25) is 0 Å². The highest BCUT2D eigenvalue weighted by Gasteiger charge is 2.21. The van der Waals surface area contributed by atoms with E-state index in [0.717, 1.165) is 13.0 Å². The summed E-state index contributed by atoms with van der Waals surface area (Å²) in [5.74, 6) is 0. The van der Waals surface area contributed by atoms with Crippen molar-refractivity contribution in [1.29, 1.82) is 0 Å². The van der Waals surface area contributed by atoms with Gasteiger partial charge in [0.1, 0.15) is 0 Å². The first-order valence-electron chi connectivity index (χ1n) is 6.27. The summed E-state index contributed by atoms with van der Waals surface area (Å²) >= 11 is 8.00. The second-order valence-electron chi connectivity index (χ2n) is 4.88. The number of alkyl halides is 1. The Labute approximate surface area is 113 Å². The monoisotopic (exact) mass is 269 g/mol. The Morgan fingerprint density at radius 3 is 2.88 bits per heavy atom. The molecule has 0 radical (unpaired) electrons. The zero-order valence-electron chi connectivity index (χ0n) is 10.4. The minimum absolute atomic E-state index is 0.255. The Morgan fingerprint density at radius 2 is 2.18 bits per heavy atom. The molecule has 0 saturated heterocycles. The van der Waals surface area contributed by atoms with Crippen LogP contribution in [0.5, 0.6) is 0 Å². The molecule has 1 nitrogen and oxygen atoms in total. The van der Waals surface area contributed by atoms with Gasteiger partial charge in [0.15, 0.2) is 0 Å². The normalized spacial score (nSPS) is 22.2. The number of fused-ring (bicyclic) bond motifs is 1. The molecule has 0 spiro atoms. The predicted octanol–water partition coefficient (Wildman–Crippen LogP) is 3.70. The summed E-state index contributed by atoms with van der Waals surface area (Å²) in [6.45, 7) is 5.34. The maximum atomic E-state index is 6.00. The average molecular weight is 270 g/mol. The lowest BCUT2D eigenvalue weighted by Crippen LogP contribution is -2.33. The molecule has 17 heavy (non-hydrogen) atoms. The van der Waals surface area contributed by atoms with Crippen molar-refractivity contribution in [1.82, 2.24) is 5.32 Å². The number of hydrogen-bond donors (Lipinski definition) is 1. The van der Waals surface area contributed by atoms with Gasteiger partial charge in [-0.15, -0.1) is 23.4 Å².